The van der Waals surface area contributed by atoms with Crippen molar-refractivity contribution in [1.29, 1.82) is 0 Å². The van der Waals surface area contributed by atoms with Crippen molar-refractivity contribution in [3.05, 3.63) is 24.3 Å². The van der Waals surface area contributed by atoms with Crippen molar-refractivity contribution in [3.63, 3.8) is 0 Å². The van der Waals surface area contributed by atoms with Crippen molar-refractivity contribution >= 4 is 23.9 Å². The molecule has 1 aliphatic rings. The van der Waals surface area contributed by atoms with Gasteiger partial charge < -0.3 is 18.9 Å². The molecule has 0 saturated carbocycles. The molecule has 0 atom stereocenters. The van der Waals surface area contributed by atoms with E-state index >= 15 is 0 Å². The van der Waals surface area contributed by atoms with Crippen LogP contribution in [0.4, 0.5) is 0 Å². The third-order valence-corrected chi connectivity index (χ3v) is 1.85. The molecule has 0 bridgehead atoms. The molecule has 1 heterocycles. The van der Waals surface area contributed by atoms with Crippen LogP contribution in [0, 0.1) is 0 Å². The van der Waals surface area contributed by atoms with Crippen LogP contribution in [-0.4, -0.2) is 50.3 Å². The second-order valence-electron chi connectivity index (χ2n) is 3.34. The Kier molecular flexibility index (Phi) is 6.52. The van der Waals surface area contributed by atoms with Crippen LogP contribution in [0.25, 0.3) is 0 Å². The van der Waals surface area contributed by atoms with Gasteiger partial charge in [-0.25, -0.2) is 19.2 Å². The monoisotopic (exact) mass is 284 g/mol. The van der Waals surface area contributed by atoms with Crippen LogP contribution in [0.1, 0.15) is 0 Å². The Morgan fingerprint density at radius 1 is 0.500 bits per heavy atom. The molecule has 108 valence electrons. The second kappa shape index (κ2) is 8.46. The summed E-state index contributed by atoms with van der Waals surface area (Å²) in [7, 11) is 0. The van der Waals surface area contributed by atoms with Crippen LogP contribution >= 0.6 is 0 Å². The minimum absolute atomic E-state index is 0.178. The van der Waals surface area contributed by atoms with E-state index in [2.05, 4.69) is 18.9 Å². The summed E-state index contributed by atoms with van der Waals surface area (Å²) < 4.78 is 18.5. The topological polar surface area (TPSA) is 105 Å². The number of hydrogen-bond donors (Lipinski definition) is 0. The van der Waals surface area contributed by atoms with Crippen LogP contribution in [0.2, 0.25) is 0 Å². The van der Waals surface area contributed by atoms with Gasteiger partial charge in [-0.05, 0) is 0 Å². The third kappa shape index (κ3) is 6.94. The average molecular weight is 284 g/mol. The first-order valence-electron chi connectivity index (χ1n) is 5.61. The van der Waals surface area contributed by atoms with Gasteiger partial charge in [-0.2, -0.15) is 0 Å². The summed E-state index contributed by atoms with van der Waals surface area (Å²) in [6.07, 6.45) is 3.51. The highest BCUT2D eigenvalue weighted by Crippen LogP contribution is 1.91. The molecular weight excluding hydrogens is 272 g/mol. The largest absolute Gasteiger partial charge is 0.459 e. The number of hydrogen-bond acceptors (Lipinski definition) is 8. The Balaban J connectivity index is 2.57. The lowest BCUT2D eigenvalue weighted by molar-refractivity contribution is -0.148. The summed E-state index contributed by atoms with van der Waals surface area (Å²) in [5.74, 6) is -3.08. The third-order valence-electron chi connectivity index (χ3n) is 1.85. The Labute approximate surface area is 113 Å². The van der Waals surface area contributed by atoms with Crippen molar-refractivity contribution in [2.24, 2.45) is 0 Å². The maximum Gasteiger partial charge on any atom is 0.331 e. The summed E-state index contributed by atoms with van der Waals surface area (Å²) in [5, 5.41) is 0. The summed E-state index contributed by atoms with van der Waals surface area (Å²) in [6.45, 7) is -0.713. The minimum Gasteiger partial charge on any atom is -0.459 e. The molecule has 0 N–H and O–H groups in total. The van der Waals surface area contributed by atoms with Crippen molar-refractivity contribution in [3.8, 4) is 0 Å². The highest BCUT2D eigenvalue weighted by Gasteiger charge is 2.05. The maximum absolute atomic E-state index is 11.1. The van der Waals surface area contributed by atoms with Crippen LogP contribution in [-0.2, 0) is 38.1 Å². The second-order valence-corrected chi connectivity index (χ2v) is 3.34. The number of carbonyl (C=O) groups excluding carboxylic acids is 4. The Bertz CT molecular complexity index is 366. The molecule has 0 unspecified atom stereocenters. The number of rotatable bonds is 0. The molecule has 0 aromatic heterocycles. The van der Waals surface area contributed by atoms with Gasteiger partial charge in [0.05, 0.1) is 0 Å². The fourth-order valence-corrected chi connectivity index (χ4v) is 1.03. The van der Waals surface area contributed by atoms with E-state index in [-0.39, 0.29) is 26.4 Å². The molecule has 0 fully saturated rings. The van der Waals surface area contributed by atoms with Gasteiger partial charge in [0, 0.05) is 24.3 Å². The molecule has 1 aliphatic heterocycles. The van der Waals surface area contributed by atoms with E-state index in [0.29, 0.717) is 0 Å². The van der Waals surface area contributed by atoms with E-state index in [0.717, 1.165) is 24.3 Å². The van der Waals surface area contributed by atoms with Gasteiger partial charge in [0.15, 0.2) is 0 Å². The van der Waals surface area contributed by atoms with Gasteiger partial charge in [-0.1, -0.05) is 0 Å². The van der Waals surface area contributed by atoms with Crippen molar-refractivity contribution < 1.29 is 38.1 Å². The van der Waals surface area contributed by atoms with E-state index < -0.39 is 23.9 Å². The Morgan fingerprint density at radius 3 is 0.900 bits per heavy atom. The molecule has 8 nitrogen and oxygen atoms in total. The van der Waals surface area contributed by atoms with Crippen molar-refractivity contribution in [2.45, 2.75) is 0 Å². The highest BCUT2D eigenvalue weighted by molar-refractivity contribution is 5.92. The molecule has 0 aliphatic carbocycles. The lowest BCUT2D eigenvalue weighted by Gasteiger charge is -2.04. The van der Waals surface area contributed by atoms with Crippen LogP contribution in [0.5, 0.6) is 0 Å². The van der Waals surface area contributed by atoms with Gasteiger partial charge in [0.2, 0.25) is 0 Å². The first-order chi connectivity index (χ1) is 9.58. The SMILES string of the molecule is O=C1/C=C\C(=O)OCCOC(=O)/C=C\C(=O)OCCO1. The van der Waals surface area contributed by atoms with Gasteiger partial charge in [0.1, 0.15) is 26.4 Å². The average Bonchev–Trinajstić information content (AvgIpc) is 2.42. The lowest BCUT2D eigenvalue weighted by atomic mass is 10.5. The number of esters is 4. The predicted octanol–water partition coefficient (Wildman–Crippen LogP) is -0.715. The zero-order chi connectivity index (χ0) is 14.8. The number of ether oxygens (including phenoxy) is 4. The molecule has 0 radical (unpaired) electrons. The summed E-state index contributed by atoms with van der Waals surface area (Å²) >= 11 is 0. The fraction of sp³-hybridized carbons (Fsp3) is 0.333. The molecule has 20 heavy (non-hydrogen) atoms. The minimum atomic E-state index is -0.771. The molecule has 8 heteroatoms. The van der Waals surface area contributed by atoms with E-state index in [1.807, 2.05) is 0 Å². The smallest absolute Gasteiger partial charge is 0.331 e. The zero-order valence-electron chi connectivity index (χ0n) is 10.4. The first kappa shape index (κ1) is 15.4. The summed E-state index contributed by atoms with van der Waals surface area (Å²) in [5.41, 5.74) is 0. The van der Waals surface area contributed by atoms with E-state index in [4.69, 9.17) is 0 Å². The quantitative estimate of drug-likeness (QED) is 0.424. The van der Waals surface area contributed by atoms with Gasteiger partial charge in [-0.15, -0.1) is 0 Å². The van der Waals surface area contributed by atoms with Crippen LogP contribution in [0.3, 0.4) is 0 Å². The van der Waals surface area contributed by atoms with Crippen LogP contribution in [0.15, 0.2) is 24.3 Å². The lowest BCUT2D eigenvalue weighted by Crippen LogP contribution is -2.14. The van der Waals surface area contributed by atoms with Crippen LogP contribution < -0.4 is 0 Å². The van der Waals surface area contributed by atoms with Gasteiger partial charge in [-0.3, -0.25) is 0 Å². The molecule has 0 aromatic rings. The Hall–Kier alpha value is -2.64. The predicted molar refractivity (Wildman–Crippen MR) is 62.1 cm³/mol. The number of carbonyl (C=O) groups is 4. The van der Waals surface area contributed by atoms with Crippen molar-refractivity contribution in [2.75, 3.05) is 26.4 Å². The van der Waals surface area contributed by atoms with E-state index in [1.165, 1.54) is 0 Å². The standard InChI is InChI=1S/C12H12O8/c13-9-1-2-10(14)18-7-8-20-12(16)4-3-11(15)19-6-5-17-9/h1-4H,5-8H2/b2-1-,4-3-. The van der Waals surface area contributed by atoms with Gasteiger partial charge >= 0.3 is 23.9 Å². The van der Waals surface area contributed by atoms with E-state index in [1.54, 1.807) is 0 Å². The molecule has 0 aromatic carbocycles. The molecule has 1 rings (SSSR count). The number of cyclic esters (lactones) is 4. The summed E-state index contributed by atoms with van der Waals surface area (Å²) in [6, 6.07) is 0. The molecule has 0 amide bonds. The first-order valence-corrected chi connectivity index (χ1v) is 5.61. The molecular formula is C12H12O8. The van der Waals surface area contributed by atoms with Crippen molar-refractivity contribution in [1.82, 2.24) is 0 Å². The normalized spacial score (nSPS) is 22.0. The maximum atomic E-state index is 11.1. The van der Waals surface area contributed by atoms with E-state index in [9.17, 15) is 19.2 Å². The zero-order valence-corrected chi connectivity index (χ0v) is 10.4. The Morgan fingerprint density at radius 2 is 0.700 bits per heavy atom. The highest BCUT2D eigenvalue weighted by atomic mass is 16.6. The fourth-order valence-electron chi connectivity index (χ4n) is 1.03. The van der Waals surface area contributed by atoms with Gasteiger partial charge in [0.25, 0.3) is 0 Å². The molecule has 0 saturated heterocycles. The summed E-state index contributed by atoms with van der Waals surface area (Å²) in [4.78, 5) is 44.4. The molecule has 0 spiro atoms.